The van der Waals surface area contributed by atoms with Crippen LogP contribution in [0.1, 0.15) is 25.0 Å². The van der Waals surface area contributed by atoms with Gasteiger partial charge in [-0.15, -0.1) is 0 Å². The number of hydrogen-bond donors (Lipinski definition) is 0. The minimum absolute atomic E-state index is 0.302. The summed E-state index contributed by atoms with van der Waals surface area (Å²) in [5, 5.41) is 0. The maximum absolute atomic E-state index is 12.4. The Morgan fingerprint density at radius 2 is 1.96 bits per heavy atom. The molecule has 1 aliphatic carbocycles. The second-order valence-corrected chi connectivity index (χ2v) is 6.11. The molecule has 25 heavy (non-hydrogen) atoms. The van der Waals surface area contributed by atoms with Crippen LogP contribution in [0, 0.1) is 0 Å². The summed E-state index contributed by atoms with van der Waals surface area (Å²) < 4.78 is 16.5. The van der Waals surface area contributed by atoms with Gasteiger partial charge in [-0.25, -0.2) is 4.79 Å². The van der Waals surface area contributed by atoms with E-state index in [4.69, 9.17) is 14.2 Å². The third-order valence-corrected chi connectivity index (χ3v) is 4.47. The molecule has 0 N–H and O–H groups in total. The fourth-order valence-electron chi connectivity index (χ4n) is 3.47. The highest BCUT2D eigenvalue weighted by atomic mass is 16.6. The van der Waals surface area contributed by atoms with E-state index in [0.717, 1.165) is 11.1 Å². The number of ether oxygens (including phenoxy) is 3. The minimum atomic E-state index is -1.10. The van der Waals surface area contributed by atoms with Gasteiger partial charge in [0.2, 0.25) is 5.72 Å². The third-order valence-electron chi connectivity index (χ3n) is 4.47. The Labute approximate surface area is 147 Å². The first kappa shape index (κ1) is 17.6. The normalized spacial score (nSPS) is 23.4. The van der Waals surface area contributed by atoms with Crippen molar-refractivity contribution >= 4 is 11.9 Å². The Balaban J connectivity index is 2.13. The van der Waals surface area contributed by atoms with Gasteiger partial charge in [-0.3, -0.25) is 9.69 Å². The molecule has 1 saturated heterocycles. The Kier molecular flexibility index (Phi) is 5.20. The van der Waals surface area contributed by atoms with Crippen LogP contribution in [0.3, 0.4) is 0 Å². The van der Waals surface area contributed by atoms with Gasteiger partial charge in [-0.2, -0.15) is 0 Å². The summed E-state index contributed by atoms with van der Waals surface area (Å²) in [4.78, 5) is 26.4. The maximum atomic E-state index is 12.4. The average Bonchev–Trinajstić information content (AvgIpc) is 2.62. The van der Waals surface area contributed by atoms with Gasteiger partial charge in [-0.05, 0) is 18.6 Å². The predicted molar refractivity (Wildman–Crippen MR) is 90.7 cm³/mol. The molecule has 134 valence electrons. The fraction of sp³-hybridized carbons (Fsp3) is 0.474. The van der Waals surface area contributed by atoms with Gasteiger partial charge in [0.1, 0.15) is 0 Å². The Morgan fingerprint density at radius 3 is 2.64 bits per heavy atom. The molecular weight excluding hydrogens is 322 g/mol. The number of carbonyl (C=O) groups is 2. The predicted octanol–water partition coefficient (Wildman–Crippen LogP) is 1.78. The summed E-state index contributed by atoms with van der Waals surface area (Å²) in [5.41, 5.74) is 1.25. The minimum Gasteiger partial charge on any atom is -0.463 e. The van der Waals surface area contributed by atoms with Gasteiger partial charge in [0.05, 0.1) is 19.8 Å². The summed E-state index contributed by atoms with van der Waals surface area (Å²) in [6.45, 7) is 5.77. The molecule has 2 aliphatic rings. The van der Waals surface area contributed by atoms with Gasteiger partial charge in [0.15, 0.2) is 0 Å². The zero-order chi connectivity index (χ0) is 17.9. The molecule has 0 spiro atoms. The first-order valence-corrected chi connectivity index (χ1v) is 8.56. The molecular formula is C19H23NO5. The molecule has 1 aliphatic heterocycles. The van der Waals surface area contributed by atoms with Crippen LogP contribution in [-0.4, -0.2) is 49.7 Å². The highest BCUT2D eigenvalue weighted by molar-refractivity contribution is 5.90. The van der Waals surface area contributed by atoms with Crippen LogP contribution < -0.4 is 0 Å². The summed E-state index contributed by atoms with van der Waals surface area (Å²) in [6.07, 6.45) is 2.21. The topological polar surface area (TPSA) is 65.1 Å². The van der Waals surface area contributed by atoms with E-state index in [9.17, 15) is 9.59 Å². The molecule has 1 atom stereocenters. The van der Waals surface area contributed by atoms with Crippen molar-refractivity contribution in [3.8, 4) is 0 Å². The molecule has 6 nitrogen and oxygen atoms in total. The van der Waals surface area contributed by atoms with Gasteiger partial charge >= 0.3 is 11.9 Å². The van der Waals surface area contributed by atoms with E-state index < -0.39 is 11.7 Å². The fourth-order valence-corrected chi connectivity index (χ4v) is 3.47. The summed E-state index contributed by atoms with van der Waals surface area (Å²) in [7, 11) is 0. The van der Waals surface area contributed by atoms with Crippen LogP contribution in [0.2, 0.25) is 0 Å². The first-order valence-electron chi connectivity index (χ1n) is 8.56. The van der Waals surface area contributed by atoms with Gasteiger partial charge < -0.3 is 14.2 Å². The molecule has 1 unspecified atom stereocenters. The van der Waals surface area contributed by atoms with Crippen molar-refractivity contribution in [2.24, 2.45) is 0 Å². The Morgan fingerprint density at radius 1 is 1.24 bits per heavy atom. The van der Waals surface area contributed by atoms with E-state index >= 15 is 0 Å². The van der Waals surface area contributed by atoms with Crippen LogP contribution in [0.4, 0.5) is 0 Å². The quantitative estimate of drug-likeness (QED) is 0.775. The number of fused-ring (bicyclic) bond motifs is 1. The van der Waals surface area contributed by atoms with Gasteiger partial charge in [-0.1, -0.05) is 24.3 Å². The number of esters is 2. The van der Waals surface area contributed by atoms with Crippen molar-refractivity contribution in [1.29, 1.82) is 0 Å². The van der Waals surface area contributed by atoms with Crippen LogP contribution in [0.5, 0.6) is 0 Å². The summed E-state index contributed by atoms with van der Waals surface area (Å²) in [6, 6.07) is 7.75. The maximum Gasteiger partial charge on any atom is 0.334 e. The zero-order valence-corrected chi connectivity index (χ0v) is 14.6. The summed E-state index contributed by atoms with van der Waals surface area (Å²) >= 11 is 0. The van der Waals surface area contributed by atoms with Gasteiger partial charge in [0, 0.05) is 37.6 Å². The van der Waals surface area contributed by atoms with Crippen molar-refractivity contribution in [3.63, 3.8) is 0 Å². The molecule has 1 aromatic carbocycles. The second-order valence-electron chi connectivity index (χ2n) is 6.11. The second kappa shape index (κ2) is 7.37. The molecule has 0 bridgehead atoms. The smallest absolute Gasteiger partial charge is 0.334 e. The molecule has 1 fully saturated rings. The summed E-state index contributed by atoms with van der Waals surface area (Å²) in [5.74, 6) is -0.774. The lowest BCUT2D eigenvalue weighted by Gasteiger charge is -2.45. The molecule has 1 aromatic rings. The average molecular weight is 345 g/mol. The number of carbonyl (C=O) groups excluding carboxylic acids is 2. The van der Waals surface area contributed by atoms with Crippen LogP contribution in [0.15, 0.2) is 35.9 Å². The van der Waals surface area contributed by atoms with Crippen molar-refractivity contribution in [1.82, 2.24) is 4.90 Å². The molecule has 6 heteroatoms. The number of nitrogens with zero attached hydrogens (tertiary/aromatic N) is 1. The highest BCUT2D eigenvalue weighted by Crippen LogP contribution is 2.40. The largest absolute Gasteiger partial charge is 0.463 e. The highest BCUT2D eigenvalue weighted by Gasteiger charge is 2.45. The number of benzene rings is 1. The van der Waals surface area contributed by atoms with E-state index in [1.807, 2.05) is 24.3 Å². The lowest BCUT2D eigenvalue weighted by atomic mass is 9.84. The molecule has 3 rings (SSSR count). The zero-order valence-electron chi connectivity index (χ0n) is 14.6. The molecule has 0 saturated carbocycles. The van der Waals surface area contributed by atoms with Crippen molar-refractivity contribution < 1.29 is 23.8 Å². The molecule has 0 aromatic heterocycles. The van der Waals surface area contributed by atoms with E-state index in [0.29, 0.717) is 44.9 Å². The van der Waals surface area contributed by atoms with Crippen molar-refractivity contribution in [2.45, 2.75) is 26.0 Å². The number of rotatable bonds is 4. The van der Waals surface area contributed by atoms with Gasteiger partial charge in [0.25, 0.3) is 0 Å². The van der Waals surface area contributed by atoms with Crippen molar-refractivity contribution in [3.05, 3.63) is 47.0 Å². The standard InChI is InChI=1S/C19H23NO5/c1-3-24-18(22)16-12-15-6-4-5-7-17(15)19(13-16,25-14(2)21)20-8-10-23-11-9-20/h4-7,13H,3,8-12H2,1-2H3. The van der Waals surface area contributed by atoms with E-state index in [-0.39, 0.29) is 5.97 Å². The monoisotopic (exact) mass is 345 g/mol. The van der Waals surface area contributed by atoms with Crippen LogP contribution >= 0.6 is 0 Å². The number of morpholine rings is 1. The first-order chi connectivity index (χ1) is 12.1. The lowest BCUT2D eigenvalue weighted by Crippen LogP contribution is -2.54. The Bertz CT molecular complexity index is 693. The van der Waals surface area contributed by atoms with E-state index in [2.05, 4.69) is 4.90 Å². The third kappa shape index (κ3) is 3.45. The molecule has 0 radical (unpaired) electrons. The Hall–Kier alpha value is -2.18. The van der Waals surface area contributed by atoms with Crippen LogP contribution in [0.25, 0.3) is 0 Å². The van der Waals surface area contributed by atoms with E-state index in [1.54, 1.807) is 13.0 Å². The lowest BCUT2D eigenvalue weighted by molar-refractivity contribution is -0.183. The number of hydrogen-bond acceptors (Lipinski definition) is 6. The SMILES string of the molecule is CCOC(=O)C1=CC(OC(C)=O)(N2CCOCC2)c2ccccc2C1. The van der Waals surface area contributed by atoms with E-state index in [1.165, 1.54) is 6.92 Å². The molecule has 1 heterocycles. The van der Waals surface area contributed by atoms with Crippen LogP contribution in [-0.2, 0) is 35.9 Å². The van der Waals surface area contributed by atoms with Crippen molar-refractivity contribution in [2.75, 3.05) is 32.9 Å². The molecule has 0 amide bonds.